The van der Waals surface area contributed by atoms with Crippen molar-refractivity contribution in [3.05, 3.63) is 0 Å². The van der Waals surface area contributed by atoms with E-state index in [1.165, 1.54) is 0 Å². The predicted molar refractivity (Wildman–Crippen MR) is 59.2 cm³/mol. The van der Waals surface area contributed by atoms with Gasteiger partial charge in [0.25, 0.3) is 0 Å². The summed E-state index contributed by atoms with van der Waals surface area (Å²) >= 11 is 0. The van der Waals surface area contributed by atoms with Gasteiger partial charge in [0.1, 0.15) is 0 Å². The van der Waals surface area contributed by atoms with E-state index in [9.17, 15) is 4.79 Å². The Labute approximate surface area is 91.9 Å². The molecule has 0 bridgehead atoms. The fraction of sp³-hybridized carbons (Fsp3) is 0.909. The molecule has 1 aliphatic rings. The predicted octanol–water partition coefficient (Wildman–Crippen LogP) is 1.17. The molecule has 1 heterocycles. The quantitative estimate of drug-likeness (QED) is 0.749. The first kappa shape index (κ1) is 12.5. The zero-order valence-corrected chi connectivity index (χ0v) is 10.2. The molecule has 0 radical (unpaired) electrons. The van der Waals surface area contributed by atoms with E-state index < -0.39 is 5.41 Å². The molecule has 88 valence electrons. The van der Waals surface area contributed by atoms with Crippen LogP contribution in [0.5, 0.6) is 0 Å². The van der Waals surface area contributed by atoms with Gasteiger partial charge >= 0.3 is 5.97 Å². The SMILES string of the molecule is CNC1CCN(OC(=O)C(C)(C)C)CC1. The van der Waals surface area contributed by atoms with Gasteiger partial charge in [-0.25, -0.2) is 4.79 Å². The molecule has 0 unspecified atom stereocenters. The monoisotopic (exact) mass is 214 g/mol. The third kappa shape index (κ3) is 3.80. The van der Waals surface area contributed by atoms with Crippen molar-refractivity contribution in [2.24, 2.45) is 5.41 Å². The molecule has 0 saturated carbocycles. The van der Waals surface area contributed by atoms with Crippen LogP contribution in [-0.2, 0) is 9.63 Å². The minimum atomic E-state index is -0.417. The summed E-state index contributed by atoms with van der Waals surface area (Å²) < 4.78 is 0. The largest absolute Gasteiger partial charge is 0.367 e. The van der Waals surface area contributed by atoms with Crippen molar-refractivity contribution in [1.29, 1.82) is 0 Å². The van der Waals surface area contributed by atoms with Gasteiger partial charge < -0.3 is 10.2 Å². The molecule has 1 rings (SSSR count). The first-order valence-electron chi connectivity index (χ1n) is 5.58. The molecule has 4 nitrogen and oxygen atoms in total. The van der Waals surface area contributed by atoms with Crippen LogP contribution in [0.1, 0.15) is 33.6 Å². The smallest absolute Gasteiger partial charge is 0.330 e. The summed E-state index contributed by atoms with van der Waals surface area (Å²) in [7, 11) is 1.97. The number of nitrogens with one attached hydrogen (secondary N) is 1. The molecular weight excluding hydrogens is 192 g/mol. The third-order valence-electron chi connectivity index (χ3n) is 2.69. The molecule has 0 aliphatic carbocycles. The minimum absolute atomic E-state index is 0.148. The Hall–Kier alpha value is -0.610. The van der Waals surface area contributed by atoms with Crippen LogP contribution in [0.3, 0.4) is 0 Å². The standard InChI is InChI=1S/C11H22N2O2/c1-11(2,3)10(14)15-13-7-5-9(12-4)6-8-13/h9,12H,5-8H2,1-4H3. The number of rotatable bonds is 2. The van der Waals surface area contributed by atoms with E-state index in [0.717, 1.165) is 25.9 Å². The van der Waals surface area contributed by atoms with Crippen molar-refractivity contribution < 1.29 is 9.63 Å². The minimum Gasteiger partial charge on any atom is -0.367 e. The Morgan fingerprint density at radius 3 is 2.27 bits per heavy atom. The average Bonchev–Trinajstić information content (AvgIpc) is 2.17. The third-order valence-corrected chi connectivity index (χ3v) is 2.69. The van der Waals surface area contributed by atoms with Gasteiger partial charge in [0.15, 0.2) is 0 Å². The van der Waals surface area contributed by atoms with Gasteiger partial charge in [-0.15, -0.1) is 5.06 Å². The molecule has 1 fully saturated rings. The summed E-state index contributed by atoms with van der Waals surface area (Å²) in [6.07, 6.45) is 2.07. The van der Waals surface area contributed by atoms with E-state index in [0.29, 0.717) is 6.04 Å². The molecule has 0 atom stereocenters. The zero-order valence-electron chi connectivity index (χ0n) is 10.2. The second-order valence-corrected chi connectivity index (χ2v) is 5.12. The molecule has 0 amide bonds. The van der Waals surface area contributed by atoms with Crippen LogP contribution in [0, 0.1) is 5.41 Å². The molecule has 15 heavy (non-hydrogen) atoms. The van der Waals surface area contributed by atoms with Gasteiger partial charge in [0.2, 0.25) is 0 Å². The summed E-state index contributed by atoms with van der Waals surface area (Å²) in [5.74, 6) is -0.148. The Balaban J connectivity index is 2.33. The molecule has 4 heteroatoms. The Morgan fingerprint density at radius 2 is 1.87 bits per heavy atom. The van der Waals surface area contributed by atoms with Crippen LogP contribution in [0.2, 0.25) is 0 Å². The van der Waals surface area contributed by atoms with Gasteiger partial charge in [-0.2, -0.15) is 0 Å². The maximum atomic E-state index is 11.6. The van der Waals surface area contributed by atoms with E-state index in [4.69, 9.17) is 4.84 Å². The van der Waals surface area contributed by atoms with Crippen LogP contribution >= 0.6 is 0 Å². The summed E-state index contributed by atoms with van der Waals surface area (Å²) in [5.41, 5.74) is -0.417. The van der Waals surface area contributed by atoms with E-state index in [-0.39, 0.29) is 5.97 Å². The molecule has 0 aromatic rings. The highest BCUT2D eigenvalue weighted by Crippen LogP contribution is 2.18. The first-order valence-corrected chi connectivity index (χ1v) is 5.58. The highest BCUT2D eigenvalue weighted by molar-refractivity contribution is 5.75. The maximum Gasteiger partial charge on any atom is 0.330 e. The lowest BCUT2D eigenvalue weighted by atomic mass is 9.98. The molecule has 1 saturated heterocycles. The zero-order chi connectivity index (χ0) is 11.5. The summed E-state index contributed by atoms with van der Waals surface area (Å²) in [6.45, 7) is 7.27. The van der Waals surface area contributed by atoms with Gasteiger partial charge in [-0.05, 0) is 40.7 Å². The van der Waals surface area contributed by atoms with Gasteiger partial charge in [0.05, 0.1) is 5.41 Å². The topological polar surface area (TPSA) is 41.6 Å². The molecule has 1 aliphatic heterocycles. The number of nitrogens with zero attached hydrogens (tertiary/aromatic N) is 1. The number of carbonyl (C=O) groups is 1. The fourth-order valence-corrected chi connectivity index (χ4v) is 1.49. The summed E-state index contributed by atoms with van der Waals surface area (Å²) in [4.78, 5) is 16.9. The van der Waals surface area contributed by atoms with Crippen molar-refractivity contribution in [2.75, 3.05) is 20.1 Å². The lowest BCUT2D eigenvalue weighted by Gasteiger charge is -2.31. The summed E-state index contributed by atoms with van der Waals surface area (Å²) in [5, 5.41) is 5.02. The van der Waals surface area contributed by atoms with E-state index in [1.807, 2.05) is 27.8 Å². The van der Waals surface area contributed by atoms with Crippen molar-refractivity contribution in [1.82, 2.24) is 10.4 Å². The normalized spacial score (nSPS) is 20.3. The van der Waals surface area contributed by atoms with E-state index >= 15 is 0 Å². The molecule has 1 N–H and O–H groups in total. The fourth-order valence-electron chi connectivity index (χ4n) is 1.49. The van der Waals surface area contributed by atoms with E-state index in [2.05, 4.69) is 5.32 Å². The van der Waals surface area contributed by atoms with Crippen LogP contribution in [0.15, 0.2) is 0 Å². The van der Waals surface area contributed by atoms with Crippen molar-refractivity contribution in [2.45, 2.75) is 39.7 Å². The number of piperidine rings is 1. The number of hydrogen-bond acceptors (Lipinski definition) is 4. The van der Waals surface area contributed by atoms with E-state index in [1.54, 1.807) is 5.06 Å². The van der Waals surface area contributed by atoms with Crippen LogP contribution < -0.4 is 5.32 Å². The van der Waals surface area contributed by atoms with Crippen molar-refractivity contribution in [3.8, 4) is 0 Å². The first-order chi connectivity index (χ1) is 6.93. The second-order valence-electron chi connectivity index (χ2n) is 5.12. The van der Waals surface area contributed by atoms with Gasteiger partial charge in [-0.1, -0.05) is 0 Å². The Kier molecular flexibility index (Phi) is 4.11. The number of hydrogen-bond donors (Lipinski definition) is 1. The maximum absolute atomic E-state index is 11.6. The molecule has 0 spiro atoms. The van der Waals surface area contributed by atoms with Crippen molar-refractivity contribution >= 4 is 5.97 Å². The Morgan fingerprint density at radius 1 is 1.33 bits per heavy atom. The second kappa shape index (κ2) is 4.94. The van der Waals surface area contributed by atoms with Gasteiger partial charge in [-0.3, -0.25) is 0 Å². The molecular formula is C11H22N2O2. The highest BCUT2D eigenvalue weighted by Gasteiger charge is 2.27. The van der Waals surface area contributed by atoms with Crippen LogP contribution in [0.4, 0.5) is 0 Å². The lowest BCUT2D eigenvalue weighted by molar-refractivity contribution is -0.204. The van der Waals surface area contributed by atoms with Gasteiger partial charge in [0, 0.05) is 19.1 Å². The van der Waals surface area contributed by atoms with Crippen LogP contribution in [0.25, 0.3) is 0 Å². The lowest BCUT2D eigenvalue weighted by Crippen LogP contribution is -2.43. The average molecular weight is 214 g/mol. The molecule has 0 aromatic carbocycles. The summed E-state index contributed by atoms with van der Waals surface area (Å²) in [6, 6.07) is 0.564. The molecule has 0 aromatic heterocycles. The van der Waals surface area contributed by atoms with Crippen molar-refractivity contribution in [3.63, 3.8) is 0 Å². The Bertz CT molecular complexity index is 215. The van der Waals surface area contributed by atoms with Crippen LogP contribution in [-0.4, -0.2) is 37.2 Å². The highest BCUT2D eigenvalue weighted by atomic mass is 16.7. The number of carbonyl (C=O) groups excluding carboxylic acids is 1. The number of hydroxylamine groups is 2.